The highest BCUT2D eigenvalue weighted by atomic mass is 16.5. The van der Waals surface area contributed by atoms with Gasteiger partial charge >= 0.3 is 5.97 Å². The van der Waals surface area contributed by atoms with Crippen LogP contribution in [0.25, 0.3) is 11.4 Å². The Morgan fingerprint density at radius 2 is 2.00 bits per heavy atom. The minimum atomic E-state index is -0.551. The lowest BCUT2D eigenvalue weighted by atomic mass is 10.2. The van der Waals surface area contributed by atoms with Crippen molar-refractivity contribution < 1.29 is 9.53 Å². The maximum absolute atomic E-state index is 11.6. The smallest absolute Gasteiger partial charge is 0.308 e. The predicted octanol–water partition coefficient (Wildman–Crippen LogP) is 1.36. The first kappa shape index (κ1) is 11.1. The number of hydrogen-bond donors (Lipinski definition) is 1. The maximum atomic E-state index is 11.6. The molecule has 1 heterocycles. The van der Waals surface area contributed by atoms with Gasteiger partial charge in [0.05, 0.1) is 6.20 Å². The minimum Gasteiger partial charge on any atom is -0.419 e. The Morgan fingerprint density at radius 3 is 2.59 bits per heavy atom. The van der Waals surface area contributed by atoms with E-state index in [0.717, 1.165) is 5.56 Å². The molecule has 0 aliphatic carbocycles. The molecule has 0 saturated heterocycles. The van der Waals surface area contributed by atoms with Gasteiger partial charge in [0, 0.05) is 12.5 Å². The Bertz CT molecular complexity index is 590. The van der Waals surface area contributed by atoms with E-state index in [-0.39, 0.29) is 5.75 Å². The number of carbonyl (C=O) groups excluding carboxylic acids is 1. The largest absolute Gasteiger partial charge is 0.419 e. The molecule has 5 heteroatoms. The van der Waals surface area contributed by atoms with Crippen molar-refractivity contribution in [1.29, 1.82) is 0 Å². The Hall–Kier alpha value is -2.43. The molecule has 1 N–H and O–H groups in total. The van der Waals surface area contributed by atoms with Crippen molar-refractivity contribution in [1.82, 2.24) is 9.97 Å². The second kappa shape index (κ2) is 4.61. The topological polar surface area (TPSA) is 72.0 Å². The molecule has 1 aromatic carbocycles. The van der Waals surface area contributed by atoms with E-state index >= 15 is 0 Å². The van der Waals surface area contributed by atoms with Crippen LogP contribution in [-0.2, 0) is 4.79 Å². The minimum absolute atomic E-state index is 0.0998. The second-order valence-corrected chi connectivity index (χ2v) is 3.38. The second-order valence-electron chi connectivity index (χ2n) is 3.38. The lowest BCUT2D eigenvalue weighted by Gasteiger charge is -2.02. The molecule has 5 nitrogen and oxygen atoms in total. The lowest BCUT2D eigenvalue weighted by molar-refractivity contribution is -0.132. The molecule has 0 atom stereocenters. The third-order valence-corrected chi connectivity index (χ3v) is 2.07. The first-order chi connectivity index (χ1) is 8.16. The average molecular weight is 230 g/mol. The van der Waals surface area contributed by atoms with Crippen LogP contribution < -0.4 is 10.3 Å². The van der Waals surface area contributed by atoms with Gasteiger partial charge in [-0.15, -0.1) is 0 Å². The van der Waals surface area contributed by atoms with Gasteiger partial charge in [-0.1, -0.05) is 30.3 Å². The highest BCUT2D eigenvalue weighted by Crippen LogP contribution is 2.13. The highest BCUT2D eigenvalue weighted by Gasteiger charge is 2.06. The number of benzene rings is 1. The Balaban J connectivity index is 2.38. The van der Waals surface area contributed by atoms with Gasteiger partial charge in [0.25, 0.3) is 5.56 Å². The number of carbonyl (C=O) groups is 1. The summed E-state index contributed by atoms with van der Waals surface area (Å²) >= 11 is 0. The van der Waals surface area contributed by atoms with Gasteiger partial charge in [0.15, 0.2) is 0 Å². The number of H-pyrrole nitrogens is 1. The van der Waals surface area contributed by atoms with Crippen molar-refractivity contribution in [2.24, 2.45) is 0 Å². The molecule has 17 heavy (non-hydrogen) atoms. The van der Waals surface area contributed by atoms with Crippen LogP contribution in [0.3, 0.4) is 0 Å². The number of esters is 1. The van der Waals surface area contributed by atoms with Gasteiger partial charge in [-0.2, -0.15) is 0 Å². The van der Waals surface area contributed by atoms with Gasteiger partial charge in [0.2, 0.25) is 5.75 Å². The van der Waals surface area contributed by atoms with E-state index < -0.39 is 11.5 Å². The van der Waals surface area contributed by atoms with Gasteiger partial charge < -0.3 is 9.72 Å². The number of nitrogens with one attached hydrogen (secondary N) is 1. The molecule has 0 unspecified atom stereocenters. The van der Waals surface area contributed by atoms with E-state index in [9.17, 15) is 9.59 Å². The van der Waals surface area contributed by atoms with Crippen molar-refractivity contribution in [3.8, 4) is 17.1 Å². The Labute approximate surface area is 97.1 Å². The summed E-state index contributed by atoms with van der Waals surface area (Å²) in [5.41, 5.74) is 0.313. The van der Waals surface area contributed by atoms with E-state index in [0.29, 0.717) is 5.82 Å². The number of ether oxygens (including phenoxy) is 1. The fourth-order valence-electron chi connectivity index (χ4n) is 1.35. The molecule has 86 valence electrons. The third-order valence-electron chi connectivity index (χ3n) is 2.07. The van der Waals surface area contributed by atoms with Crippen LogP contribution in [0.4, 0.5) is 0 Å². The van der Waals surface area contributed by atoms with Crippen molar-refractivity contribution in [2.45, 2.75) is 6.92 Å². The van der Waals surface area contributed by atoms with Crippen molar-refractivity contribution >= 4 is 5.97 Å². The van der Waals surface area contributed by atoms with E-state index in [2.05, 4.69) is 9.97 Å². The summed E-state index contributed by atoms with van der Waals surface area (Å²) < 4.78 is 4.69. The summed E-state index contributed by atoms with van der Waals surface area (Å²) in [4.78, 5) is 28.9. The van der Waals surface area contributed by atoms with E-state index in [1.807, 2.05) is 30.3 Å². The first-order valence-electron chi connectivity index (χ1n) is 5.00. The standard InChI is InChI=1S/C12H10N2O3/c1-8(15)17-10-7-13-11(14-12(10)16)9-5-3-2-4-6-9/h2-7H,1H3,(H,13,14,16). The summed E-state index contributed by atoms with van der Waals surface area (Å²) in [6.07, 6.45) is 1.24. The normalized spacial score (nSPS) is 9.94. The number of aromatic amines is 1. The van der Waals surface area contributed by atoms with Crippen LogP contribution in [0.15, 0.2) is 41.3 Å². The zero-order chi connectivity index (χ0) is 12.3. The van der Waals surface area contributed by atoms with Crippen LogP contribution in [0.5, 0.6) is 5.75 Å². The van der Waals surface area contributed by atoms with Crippen LogP contribution in [-0.4, -0.2) is 15.9 Å². The SMILES string of the molecule is CC(=O)Oc1cnc(-c2ccccc2)[nH]c1=O. The molecular formula is C12H10N2O3. The molecule has 2 rings (SSSR count). The fraction of sp³-hybridized carbons (Fsp3) is 0.0833. The molecule has 0 bridgehead atoms. The van der Waals surface area contributed by atoms with Gasteiger partial charge in [-0.25, -0.2) is 4.98 Å². The molecule has 0 fully saturated rings. The van der Waals surface area contributed by atoms with Crippen LogP contribution in [0, 0.1) is 0 Å². The van der Waals surface area contributed by atoms with Crippen LogP contribution in [0.2, 0.25) is 0 Å². The van der Waals surface area contributed by atoms with Crippen LogP contribution >= 0.6 is 0 Å². The zero-order valence-corrected chi connectivity index (χ0v) is 9.14. The molecule has 0 amide bonds. The van der Waals surface area contributed by atoms with E-state index in [1.54, 1.807) is 0 Å². The maximum Gasteiger partial charge on any atom is 0.308 e. The van der Waals surface area contributed by atoms with Crippen molar-refractivity contribution in [3.63, 3.8) is 0 Å². The van der Waals surface area contributed by atoms with Gasteiger partial charge in [-0.3, -0.25) is 9.59 Å². The van der Waals surface area contributed by atoms with E-state index in [4.69, 9.17) is 4.74 Å². The molecular weight excluding hydrogens is 220 g/mol. The monoisotopic (exact) mass is 230 g/mol. The molecule has 0 aliphatic heterocycles. The summed E-state index contributed by atoms with van der Waals surface area (Å²) in [5, 5.41) is 0. The third kappa shape index (κ3) is 2.57. The molecule has 2 aromatic rings. The summed E-state index contributed by atoms with van der Waals surface area (Å²) in [7, 11) is 0. The summed E-state index contributed by atoms with van der Waals surface area (Å²) in [6.45, 7) is 1.23. The number of nitrogens with zero attached hydrogens (tertiary/aromatic N) is 1. The Kier molecular flexibility index (Phi) is 3.00. The summed E-state index contributed by atoms with van der Waals surface area (Å²) in [5.74, 6) is -0.214. The van der Waals surface area contributed by atoms with Crippen molar-refractivity contribution in [3.05, 3.63) is 46.9 Å². The zero-order valence-electron chi connectivity index (χ0n) is 9.14. The molecule has 0 saturated carbocycles. The van der Waals surface area contributed by atoms with E-state index in [1.165, 1.54) is 13.1 Å². The number of aromatic nitrogens is 2. The number of hydrogen-bond acceptors (Lipinski definition) is 4. The first-order valence-corrected chi connectivity index (χ1v) is 5.00. The average Bonchev–Trinajstić information content (AvgIpc) is 2.32. The molecule has 0 aliphatic rings. The fourth-order valence-corrected chi connectivity index (χ4v) is 1.35. The summed E-state index contributed by atoms with van der Waals surface area (Å²) in [6, 6.07) is 9.20. The Morgan fingerprint density at radius 1 is 1.29 bits per heavy atom. The highest BCUT2D eigenvalue weighted by molar-refractivity contribution is 5.69. The van der Waals surface area contributed by atoms with Crippen molar-refractivity contribution in [2.75, 3.05) is 0 Å². The lowest BCUT2D eigenvalue weighted by Crippen LogP contribution is -2.15. The number of rotatable bonds is 2. The van der Waals surface area contributed by atoms with Gasteiger partial charge in [-0.05, 0) is 0 Å². The quantitative estimate of drug-likeness (QED) is 0.791. The molecule has 1 aromatic heterocycles. The van der Waals surface area contributed by atoms with Crippen LogP contribution in [0.1, 0.15) is 6.92 Å². The van der Waals surface area contributed by atoms with Gasteiger partial charge in [0.1, 0.15) is 5.82 Å². The molecule has 0 radical (unpaired) electrons. The molecule has 0 spiro atoms. The predicted molar refractivity (Wildman–Crippen MR) is 61.6 cm³/mol.